The molecule has 0 aromatic carbocycles. The summed E-state index contributed by atoms with van der Waals surface area (Å²) in [5, 5.41) is 4.71. The maximum absolute atomic E-state index is 11.9. The molecule has 0 saturated heterocycles. The number of alkyl halides is 2. The minimum atomic E-state index is -2.40. The monoisotopic (exact) mass is 212 g/mol. The van der Waals surface area contributed by atoms with Crippen LogP contribution in [0.5, 0.6) is 0 Å². The molecule has 6 heteroatoms. The lowest BCUT2D eigenvalue weighted by Crippen LogP contribution is -2.08. The van der Waals surface area contributed by atoms with Crippen molar-refractivity contribution >= 4 is 23.4 Å². The molecule has 0 N–H and O–H groups in total. The highest BCUT2D eigenvalue weighted by atomic mass is 35.5. The van der Waals surface area contributed by atoms with Crippen LogP contribution in [-0.4, -0.2) is 22.5 Å². The van der Waals surface area contributed by atoms with Crippen molar-refractivity contribution < 1.29 is 8.78 Å². The van der Waals surface area contributed by atoms with Gasteiger partial charge in [0.05, 0.1) is 11.2 Å². The summed E-state index contributed by atoms with van der Waals surface area (Å²) in [5.74, 6) is 0. The standard InChI is InChI=1S/C6H7ClF2N2S/c1-12-6-4(7)2-10-11(6)3-5(8)9/h2,5H,3H2,1H3. The highest BCUT2D eigenvalue weighted by molar-refractivity contribution is 7.98. The van der Waals surface area contributed by atoms with E-state index >= 15 is 0 Å². The van der Waals surface area contributed by atoms with Crippen LogP contribution in [-0.2, 0) is 6.54 Å². The number of halogens is 3. The molecule has 0 atom stereocenters. The van der Waals surface area contributed by atoms with Crippen LogP contribution in [0.4, 0.5) is 8.78 Å². The van der Waals surface area contributed by atoms with Gasteiger partial charge in [0.1, 0.15) is 11.6 Å². The third-order valence-corrected chi connectivity index (χ3v) is 2.46. The molecule has 0 saturated carbocycles. The highest BCUT2D eigenvalue weighted by Crippen LogP contribution is 2.24. The van der Waals surface area contributed by atoms with E-state index in [0.717, 1.165) is 0 Å². The van der Waals surface area contributed by atoms with Gasteiger partial charge >= 0.3 is 0 Å². The van der Waals surface area contributed by atoms with E-state index in [2.05, 4.69) is 5.10 Å². The van der Waals surface area contributed by atoms with Crippen LogP contribution < -0.4 is 0 Å². The fourth-order valence-electron chi connectivity index (χ4n) is 0.815. The summed E-state index contributed by atoms with van der Waals surface area (Å²) in [5.41, 5.74) is 0. The average molecular weight is 213 g/mol. The first-order valence-electron chi connectivity index (χ1n) is 3.18. The summed E-state index contributed by atoms with van der Waals surface area (Å²) in [4.78, 5) is 0. The van der Waals surface area contributed by atoms with Crippen LogP contribution in [0.2, 0.25) is 5.02 Å². The third-order valence-electron chi connectivity index (χ3n) is 1.25. The van der Waals surface area contributed by atoms with Crippen molar-refractivity contribution in [2.75, 3.05) is 6.26 Å². The van der Waals surface area contributed by atoms with Crippen molar-refractivity contribution in [1.29, 1.82) is 0 Å². The highest BCUT2D eigenvalue weighted by Gasteiger charge is 2.11. The Labute approximate surface area is 77.9 Å². The van der Waals surface area contributed by atoms with Gasteiger partial charge in [-0.1, -0.05) is 11.6 Å². The molecule has 0 radical (unpaired) electrons. The first-order chi connectivity index (χ1) is 5.65. The zero-order valence-electron chi connectivity index (χ0n) is 6.30. The molecule has 0 aliphatic rings. The Morgan fingerprint density at radius 3 is 2.92 bits per heavy atom. The van der Waals surface area contributed by atoms with Crippen LogP contribution in [0, 0.1) is 0 Å². The van der Waals surface area contributed by atoms with Gasteiger partial charge in [-0.3, -0.25) is 4.68 Å². The van der Waals surface area contributed by atoms with Crippen molar-refractivity contribution in [2.45, 2.75) is 18.0 Å². The molecule has 0 spiro atoms. The van der Waals surface area contributed by atoms with Gasteiger partial charge in [0.2, 0.25) is 0 Å². The number of nitrogens with zero attached hydrogens (tertiary/aromatic N) is 2. The molecular formula is C6H7ClF2N2S. The first kappa shape index (κ1) is 9.80. The Bertz CT molecular complexity index is 264. The van der Waals surface area contributed by atoms with E-state index in [1.807, 2.05) is 0 Å². The second-order valence-electron chi connectivity index (χ2n) is 2.07. The predicted octanol–water partition coefficient (Wildman–Crippen LogP) is 2.52. The van der Waals surface area contributed by atoms with Gasteiger partial charge in [0.25, 0.3) is 6.43 Å². The summed E-state index contributed by atoms with van der Waals surface area (Å²) in [6.07, 6.45) is 0.743. The molecule has 0 fully saturated rings. The largest absolute Gasteiger partial charge is 0.257 e. The van der Waals surface area contributed by atoms with Gasteiger partial charge in [-0.2, -0.15) is 5.10 Å². The Hall–Kier alpha value is -0.290. The minimum Gasteiger partial charge on any atom is -0.252 e. The van der Waals surface area contributed by atoms with Crippen molar-refractivity contribution in [3.05, 3.63) is 11.2 Å². The van der Waals surface area contributed by atoms with Gasteiger partial charge in [-0.25, -0.2) is 8.78 Å². The van der Waals surface area contributed by atoms with E-state index < -0.39 is 13.0 Å². The van der Waals surface area contributed by atoms with Crippen molar-refractivity contribution in [3.63, 3.8) is 0 Å². The Morgan fingerprint density at radius 2 is 2.42 bits per heavy atom. The molecule has 68 valence electrons. The zero-order valence-corrected chi connectivity index (χ0v) is 7.87. The minimum absolute atomic E-state index is 0.400. The molecule has 0 amide bonds. The van der Waals surface area contributed by atoms with Gasteiger partial charge in [0.15, 0.2) is 0 Å². The Balaban J connectivity index is 2.84. The fraction of sp³-hybridized carbons (Fsp3) is 0.500. The predicted molar refractivity (Wildman–Crippen MR) is 45.0 cm³/mol. The molecule has 0 unspecified atom stereocenters. The van der Waals surface area contributed by atoms with E-state index in [9.17, 15) is 8.78 Å². The van der Waals surface area contributed by atoms with E-state index in [1.165, 1.54) is 22.6 Å². The molecule has 0 aliphatic heterocycles. The maximum atomic E-state index is 11.9. The van der Waals surface area contributed by atoms with Crippen molar-refractivity contribution in [1.82, 2.24) is 9.78 Å². The fourth-order valence-corrected chi connectivity index (χ4v) is 1.77. The Kier molecular flexibility index (Phi) is 3.34. The molecule has 12 heavy (non-hydrogen) atoms. The van der Waals surface area contributed by atoms with Crippen molar-refractivity contribution in [3.8, 4) is 0 Å². The van der Waals surface area contributed by atoms with Gasteiger partial charge < -0.3 is 0 Å². The summed E-state index contributed by atoms with van der Waals surface area (Å²) >= 11 is 6.99. The van der Waals surface area contributed by atoms with Crippen LogP contribution >= 0.6 is 23.4 Å². The maximum Gasteiger partial charge on any atom is 0.257 e. The zero-order chi connectivity index (χ0) is 9.14. The van der Waals surface area contributed by atoms with Crippen LogP contribution in [0.3, 0.4) is 0 Å². The molecule has 0 aliphatic carbocycles. The lowest BCUT2D eigenvalue weighted by molar-refractivity contribution is 0.118. The summed E-state index contributed by atoms with van der Waals surface area (Å²) in [7, 11) is 0. The number of hydrogen-bond donors (Lipinski definition) is 0. The lowest BCUT2D eigenvalue weighted by atomic mass is 10.6. The Morgan fingerprint density at radius 1 is 1.75 bits per heavy atom. The summed E-state index contributed by atoms with van der Waals surface area (Å²) in [6.45, 7) is -0.400. The number of rotatable bonds is 3. The summed E-state index contributed by atoms with van der Waals surface area (Å²) in [6, 6.07) is 0. The van der Waals surface area contributed by atoms with E-state index in [1.54, 1.807) is 6.26 Å². The number of thioether (sulfide) groups is 1. The second kappa shape index (κ2) is 4.09. The van der Waals surface area contributed by atoms with Gasteiger partial charge in [-0.05, 0) is 6.26 Å². The number of hydrogen-bond acceptors (Lipinski definition) is 2. The molecule has 0 bridgehead atoms. The van der Waals surface area contributed by atoms with Gasteiger partial charge in [-0.15, -0.1) is 11.8 Å². The molecule has 1 heterocycles. The first-order valence-corrected chi connectivity index (χ1v) is 4.79. The van der Waals surface area contributed by atoms with Crippen molar-refractivity contribution in [2.24, 2.45) is 0 Å². The molecule has 1 aromatic rings. The van der Waals surface area contributed by atoms with Crippen LogP contribution in [0.15, 0.2) is 11.2 Å². The molecule has 1 aromatic heterocycles. The molecule has 1 rings (SSSR count). The van der Waals surface area contributed by atoms with Crippen LogP contribution in [0.25, 0.3) is 0 Å². The smallest absolute Gasteiger partial charge is 0.252 e. The SMILES string of the molecule is CSc1c(Cl)cnn1CC(F)F. The number of aromatic nitrogens is 2. The van der Waals surface area contributed by atoms with E-state index in [0.29, 0.717) is 10.0 Å². The third kappa shape index (κ3) is 2.10. The summed E-state index contributed by atoms with van der Waals surface area (Å²) < 4.78 is 25.1. The van der Waals surface area contributed by atoms with E-state index in [-0.39, 0.29) is 0 Å². The van der Waals surface area contributed by atoms with E-state index in [4.69, 9.17) is 11.6 Å². The van der Waals surface area contributed by atoms with Crippen LogP contribution in [0.1, 0.15) is 0 Å². The van der Waals surface area contributed by atoms with Gasteiger partial charge in [0, 0.05) is 0 Å². The molecular weight excluding hydrogens is 206 g/mol. The molecule has 2 nitrogen and oxygen atoms in total. The normalized spacial score (nSPS) is 11.1. The second-order valence-corrected chi connectivity index (χ2v) is 3.28. The lowest BCUT2D eigenvalue weighted by Gasteiger charge is -2.03. The quantitative estimate of drug-likeness (QED) is 0.717. The topological polar surface area (TPSA) is 17.8 Å². The average Bonchev–Trinajstić information content (AvgIpc) is 2.30.